The lowest BCUT2D eigenvalue weighted by Gasteiger charge is -2.31. The third-order valence-corrected chi connectivity index (χ3v) is 7.89. The van der Waals surface area contributed by atoms with Gasteiger partial charge in [-0.25, -0.2) is 8.42 Å². The Kier molecular flexibility index (Phi) is 6.18. The molecule has 0 aliphatic carbocycles. The number of piperidine rings is 1. The third-order valence-electron chi connectivity index (χ3n) is 5.99. The van der Waals surface area contributed by atoms with Crippen molar-refractivity contribution in [2.24, 2.45) is 5.92 Å². The van der Waals surface area contributed by atoms with Crippen molar-refractivity contribution in [3.8, 4) is 11.5 Å². The van der Waals surface area contributed by atoms with Crippen LogP contribution < -0.4 is 14.8 Å². The molecule has 2 aromatic rings. The van der Waals surface area contributed by atoms with Gasteiger partial charge in [-0.2, -0.15) is 4.31 Å². The molecule has 0 aromatic heterocycles. The summed E-state index contributed by atoms with van der Waals surface area (Å²) in [4.78, 5) is 12.9. The molecule has 0 saturated carbocycles. The number of rotatable bonds is 4. The van der Waals surface area contributed by atoms with Crippen LogP contribution in [-0.4, -0.2) is 44.9 Å². The molecule has 2 aliphatic rings. The number of ether oxygens (including phenoxy) is 2. The number of hydrogen-bond acceptors (Lipinski definition) is 5. The summed E-state index contributed by atoms with van der Waals surface area (Å²) in [5.41, 5.74) is 2.01. The van der Waals surface area contributed by atoms with Crippen molar-refractivity contribution < 1.29 is 22.7 Å². The molecule has 0 unspecified atom stereocenters. The fraction of sp³-hybridized carbons (Fsp3) is 0.458. The predicted octanol–water partition coefficient (Wildman–Crippen LogP) is 3.79. The van der Waals surface area contributed by atoms with Gasteiger partial charge in [0.2, 0.25) is 15.9 Å². The molecule has 2 heterocycles. The number of nitrogens with zero attached hydrogens (tertiary/aromatic N) is 1. The van der Waals surface area contributed by atoms with Crippen molar-refractivity contribution in [1.82, 2.24) is 4.31 Å². The molecule has 2 aromatic carbocycles. The zero-order chi connectivity index (χ0) is 22.9. The molecule has 1 N–H and O–H groups in total. The van der Waals surface area contributed by atoms with Crippen molar-refractivity contribution in [2.75, 3.05) is 31.6 Å². The summed E-state index contributed by atoms with van der Waals surface area (Å²) in [6, 6.07) is 12.6. The summed E-state index contributed by atoms with van der Waals surface area (Å²) in [6.45, 7) is 7.90. The van der Waals surface area contributed by atoms with Crippen LogP contribution in [0.1, 0.15) is 39.2 Å². The quantitative estimate of drug-likeness (QED) is 0.753. The van der Waals surface area contributed by atoms with Gasteiger partial charge in [0.15, 0.2) is 11.5 Å². The lowest BCUT2D eigenvalue weighted by Crippen LogP contribution is -2.41. The van der Waals surface area contributed by atoms with E-state index in [0.717, 1.165) is 5.69 Å². The molecule has 8 heteroatoms. The highest BCUT2D eigenvalue weighted by Gasteiger charge is 2.33. The van der Waals surface area contributed by atoms with E-state index in [2.05, 4.69) is 26.1 Å². The minimum Gasteiger partial charge on any atom is -0.486 e. The van der Waals surface area contributed by atoms with Gasteiger partial charge in [-0.3, -0.25) is 4.79 Å². The summed E-state index contributed by atoms with van der Waals surface area (Å²) in [7, 11) is -3.66. The second-order valence-electron chi connectivity index (χ2n) is 9.30. The Bertz CT molecular complexity index is 1080. The van der Waals surface area contributed by atoms with E-state index in [9.17, 15) is 13.2 Å². The first-order valence-corrected chi connectivity index (χ1v) is 12.4. The Balaban J connectivity index is 1.36. The van der Waals surface area contributed by atoms with Crippen molar-refractivity contribution in [3.05, 3.63) is 48.0 Å². The van der Waals surface area contributed by atoms with Crippen LogP contribution >= 0.6 is 0 Å². The summed E-state index contributed by atoms with van der Waals surface area (Å²) in [6.07, 6.45) is 0.964. The highest BCUT2D eigenvalue weighted by atomic mass is 32.2. The first-order valence-electron chi connectivity index (χ1n) is 11.0. The molecule has 32 heavy (non-hydrogen) atoms. The van der Waals surface area contributed by atoms with E-state index in [4.69, 9.17) is 9.47 Å². The summed E-state index contributed by atoms with van der Waals surface area (Å²) in [5, 5.41) is 2.97. The van der Waals surface area contributed by atoms with Gasteiger partial charge in [0.25, 0.3) is 0 Å². The molecule has 172 valence electrons. The number of carbonyl (C=O) groups is 1. The smallest absolute Gasteiger partial charge is 0.243 e. The molecule has 2 aliphatic heterocycles. The van der Waals surface area contributed by atoms with Crippen LogP contribution in [0.25, 0.3) is 0 Å². The number of fused-ring (bicyclic) bond motifs is 1. The first kappa shape index (κ1) is 22.6. The lowest BCUT2D eigenvalue weighted by molar-refractivity contribution is -0.120. The van der Waals surface area contributed by atoms with Gasteiger partial charge < -0.3 is 14.8 Å². The maximum Gasteiger partial charge on any atom is 0.243 e. The summed E-state index contributed by atoms with van der Waals surface area (Å²) < 4.78 is 38.6. The van der Waals surface area contributed by atoms with Crippen LogP contribution in [0, 0.1) is 5.92 Å². The van der Waals surface area contributed by atoms with Crippen LogP contribution in [0.2, 0.25) is 0 Å². The van der Waals surface area contributed by atoms with Crippen LogP contribution in [-0.2, 0) is 20.2 Å². The highest BCUT2D eigenvalue weighted by molar-refractivity contribution is 7.89. The molecular formula is C24H30N2O5S. The van der Waals surface area contributed by atoms with Crippen molar-refractivity contribution in [3.63, 3.8) is 0 Å². The van der Waals surface area contributed by atoms with Crippen molar-refractivity contribution in [1.29, 1.82) is 0 Å². The molecule has 0 spiro atoms. The molecule has 7 nitrogen and oxygen atoms in total. The predicted molar refractivity (Wildman–Crippen MR) is 123 cm³/mol. The average Bonchev–Trinajstić information content (AvgIpc) is 2.78. The standard InChI is InChI=1S/C24H30N2O5S/c1-24(2,3)18-4-6-19(7-5-18)25-23(27)17-10-12-26(13-11-17)32(28,29)20-8-9-21-22(16-20)31-15-14-30-21/h4-9,16-17H,10-15H2,1-3H3,(H,25,27). The fourth-order valence-electron chi connectivity index (χ4n) is 3.99. The van der Waals surface area contributed by atoms with Gasteiger partial charge >= 0.3 is 0 Å². The number of benzene rings is 2. The third kappa shape index (κ3) is 4.76. The normalized spacial score (nSPS) is 17.7. The van der Waals surface area contributed by atoms with Gasteiger partial charge in [0, 0.05) is 30.8 Å². The molecule has 1 fully saturated rings. The van der Waals surface area contributed by atoms with Crippen LogP contribution in [0.5, 0.6) is 11.5 Å². The number of anilines is 1. The molecular weight excluding hydrogens is 428 g/mol. The Morgan fingerprint density at radius 3 is 2.22 bits per heavy atom. The van der Waals surface area contributed by atoms with Crippen LogP contribution in [0.3, 0.4) is 0 Å². The topological polar surface area (TPSA) is 84.9 Å². The van der Waals surface area contributed by atoms with E-state index >= 15 is 0 Å². The summed E-state index contributed by atoms with van der Waals surface area (Å²) >= 11 is 0. The zero-order valence-electron chi connectivity index (χ0n) is 18.8. The van der Waals surface area contributed by atoms with E-state index in [0.29, 0.717) is 50.6 Å². The molecule has 0 radical (unpaired) electrons. The first-order chi connectivity index (χ1) is 15.1. The zero-order valence-corrected chi connectivity index (χ0v) is 19.6. The number of nitrogens with one attached hydrogen (secondary N) is 1. The SMILES string of the molecule is CC(C)(C)c1ccc(NC(=O)C2CCN(S(=O)(=O)c3ccc4c(c3)OCCO4)CC2)cc1. The molecule has 1 amide bonds. The molecule has 0 bridgehead atoms. The Hall–Kier alpha value is -2.58. The second-order valence-corrected chi connectivity index (χ2v) is 11.2. The minimum absolute atomic E-state index is 0.0536. The van der Waals surface area contributed by atoms with Gasteiger partial charge in [-0.05, 0) is 48.1 Å². The van der Waals surface area contributed by atoms with E-state index in [-0.39, 0.29) is 22.1 Å². The molecule has 1 saturated heterocycles. The number of sulfonamides is 1. The van der Waals surface area contributed by atoms with Gasteiger partial charge in [-0.1, -0.05) is 32.9 Å². The number of amides is 1. The fourth-order valence-corrected chi connectivity index (χ4v) is 5.48. The highest BCUT2D eigenvalue weighted by Crippen LogP contribution is 2.34. The Morgan fingerprint density at radius 1 is 0.969 bits per heavy atom. The van der Waals surface area contributed by atoms with Gasteiger partial charge in [0.05, 0.1) is 4.90 Å². The van der Waals surface area contributed by atoms with E-state index < -0.39 is 10.0 Å². The van der Waals surface area contributed by atoms with E-state index in [1.165, 1.54) is 15.9 Å². The van der Waals surface area contributed by atoms with E-state index in [1.807, 2.05) is 24.3 Å². The van der Waals surface area contributed by atoms with Crippen LogP contribution in [0.15, 0.2) is 47.4 Å². The Labute approximate surface area is 189 Å². The molecule has 0 atom stereocenters. The Morgan fingerprint density at radius 2 is 1.59 bits per heavy atom. The minimum atomic E-state index is -3.66. The van der Waals surface area contributed by atoms with E-state index in [1.54, 1.807) is 12.1 Å². The van der Waals surface area contributed by atoms with Crippen molar-refractivity contribution >= 4 is 21.6 Å². The number of hydrogen-bond donors (Lipinski definition) is 1. The average molecular weight is 459 g/mol. The largest absolute Gasteiger partial charge is 0.486 e. The number of carbonyl (C=O) groups excluding carboxylic acids is 1. The lowest BCUT2D eigenvalue weighted by atomic mass is 9.87. The van der Waals surface area contributed by atoms with Gasteiger partial charge in [0.1, 0.15) is 13.2 Å². The van der Waals surface area contributed by atoms with Crippen LogP contribution in [0.4, 0.5) is 5.69 Å². The monoisotopic (exact) mass is 458 g/mol. The maximum absolute atomic E-state index is 13.1. The van der Waals surface area contributed by atoms with Gasteiger partial charge in [-0.15, -0.1) is 0 Å². The van der Waals surface area contributed by atoms with Crippen molar-refractivity contribution in [2.45, 2.75) is 43.9 Å². The molecule has 4 rings (SSSR count). The second kappa shape index (κ2) is 8.75. The summed E-state index contributed by atoms with van der Waals surface area (Å²) in [5.74, 6) is 0.721. The maximum atomic E-state index is 13.1.